The Hall–Kier alpha value is -1.35. The third kappa shape index (κ3) is 5.07. The fourth-order valence-electron chi connectivity index (χ4n) is 2.90. The van der Waals surface area contributed by atoms with Crippen molar-refractivity contribution in [1.82, 2.24) is 4.90 Å². The molecular formula is C18H25IN2O4. The van der Waals surface area contributed by atoms with Crippen LogP contribution < -0.4 is 5.32 Å². The molecule has 0 aromatic heterocycles. The number of aliphatic hydroxyl groups is 1. The molecule has 0 bridgehead atoms. The molecule has 2 atom stereocenters. The average molecular weight is 460 g/mol. The summed E-state index contributed by atoms with van der Waals surface area (Å²) in [7, 11) is 0. The normalized spacial score (nSPS) is 20.0. The van der Waals surface area contributed by atoms with Gasteiger partial charge in [-0.15, -0.1) is 0 Å². The van der Waals surface area contributed by atoms with Gasteiger partial charge in [0, 0.05) is 15.7 Å². The first kappa shape index (κ1) is 20.0. The molecule has 6 nitrogen and oxygen atoms in total. The number of carbonyl (C=O) groups excluding carboxylic acids is 2. The number of aliphatic hydroxyl groups excluding tert-OH is 1. The van der Waals surface area contributed by atoms with Gasteiger partial charge in [0.2, 0.25) is 5.91 Å². The van der Waals surface area contributed by atoms with Crippen LogP contribution in [0, 0.1) is 23.3 Å². The number of amides is 2. The van der Waals surface area contributed by atoms with Crippen LogP contribution in [0.1, 0.15) is 31.4 Å². The zero-order valence-electron chi connectivity index (χ0n) is 15.0. The number of ether oxygens (including phenoxy) is 1. The maximum atomic E-state index is 12.7. The Bertz CT molecular complexity index is 639. The number of β-amino-alcohol motifs (C(OH)–C–C–N with tert-alkyl or cyclic N) is 1. The van der Waals surface area contributed by atoms with Crippen LogP contribution in [0.15, 0.2) is 12.1 Å². The molecule has 0 radical (unpaired) electrons. The lowest BCUT2D eigenvalue weighted by molar-refractivity contribution is -0.120. The highest BCUT2D eigenvalue weighted by Crippen LogP contribution is 2.26. The van der Waals surface area contributed by atoms with Crippen LogP contribution in [0.3, 0.4) is 0 Å². The highest BCUT2D eigenvalue weighted by Gasteiger charge is 2.40. The molecule has 2 N–H and O–H groups in total. The van der Waals surface area contributed by atoms with Gasteiger partial charge in [0.05, 0.1) is 19.3 Å². The van der Waals surface area contributed by atoms with Gasteiger partial charge < -0.3 is 15.2 Å². The molecule has 1 fully saturated rings. The van der Waals surface area contributed by atoms with Crippen molar-refractivity contribution in [3.05, 3.63) is 26.8 Å². The van der Waals surface area contributed by atoms with Gasteiger partial charge in [-0.25, -0.2) is 4.79 Å². The summed E-state index contributed by atoms with van der Waals surface area (Å²) in [6.45, 7) is 8.15. The summed E-state index contributed by atoms with van der Waals surface area (Å²) >= 11 is 2.23. The molecule has 25 heavy (non-hydrogen) atoms. The van der Waals surface area contributed by atoms with Crippen LogP contribution in [0.5, 0.6) is 0 Å². The van der Waals surface area contributed by atoms with Crippen molar-refractivity contribution >= 4 is 40.3 Å². The number of carbonyl (C=O) groups is 2. The van der Waals surface area contributed by atoms with E-state index >= 15 is 0 Å². The van der Waals surface area contributed by atoms with E-state index in [1.54, 1.807) is 0 Å². The lowest BCUT2D eigenvalue weighted by atomic mass is 10.1. The molecule has 2 amide bonds. The molecule has 1 saturated heterocycles. The van der Waals surface area contributed by atoms with Crippen molar-refractivity contribution in [3.8, 4) is 0 Å². The first-order valence-corrected chi connectivity index (χ1v) is 9.46. The summed E-state index contributed by atoms with van der Waals surface area (Å²) in [6, 6.07) is 3.25. The lowest BCUT2D eigenvalue weighted by Crippen LogP contribution is -2.44. The van der Waals surface area contributed by atoms with Crippen molar-refractivity contribution in [2.24, 2.45) is 5.92 Å². The third-order valence-electron chi connectivity index (χ3n) is 4.10. The molecule has 1 heterocycles. The smallest absolute Gasteiger partial charge is 0.410 e. The molecule has 1 aromatic rings. The highest BCUT2D eigenvalue weighted by molar-refractivity contribution is 14.1. The molecule has 1 aromatic carbocycles. The van der Waals surface area contributed by atoms with E-state index in [-0.39, 0.29) is 31.4 Å². The minimum atomic E-state index is -0.729. The van der Waals surface area contributed by atoms with E-state index in [1.807, 2.05) is 39.8 Å². The summed E-state index contributed by atoms with van der Waals surface area (Å²) in [4.78, 5) is 26.3. The second-order valence-corrected chi connectivity index (χ2v) is 8.18. The third-order valence-corrected chi connectivity index (χ3v) is 4.72. The van der Waals surface area contributed by atoms with E-state index in [0.29, 0.717) is 0 Å². The van der Waals surface area contributed by atoms with E-state index in [9.17, 15) is 14.7 Å². The summed E-state index contributed by atoms with van der Waals surface area (Å²) in [5.74, 6) is -0.0914. The Labute approximate surface area is 162 Å². The second kappa shape index (κ2) is 8.35. The Morgan fingerprint density at radius 2 is 1.96 bits per heavy atom. The van der Waals surface area contributed by atoms with Crippen LogP contribution in [-0.4, -0.2) is 47.3 Å². The largest absolute Gasteiger partial charge is 0.449 e. The minimum absolute atomic E-state index is 0.111. The molecule has 1 aliphatic rings. The van der Waals surface area contributed by atoms with Gasteiger partial charge in [-0.1, -0.05) is 13.8 Å². The number of nitrogens with one attached hydrogen (secondary N) is 1. The molecule has 0 spiro atoms. The van der Waals surface area contributed by atoms with Crippen LogP contribution in [0.25, 0.3) is 0 Å². The minimum Gasteiger partial charge on any atom is -0.449 e. The number of likely N-dealkylation sites (tertiary alicyclic amines) is 1. The molecule has 138 valence electrons. The molecule has 0 saturated carbocycles. The van der Waals surface area contributed by atoms with Crippen LogP contribution in [-0.2, 0) is 9.53 Å². The number of benzene rings is 1. The summed E-state index contributed by atoms with van der Waals surface area (Å²) < 4.78 is 6.32. The van der Waals surface area contributed by atoms with Crippen molar-refractivity contribution in [2.45, 2.75) is 46.3 Å². The highest BCUT2D eigenvalue weighted by atomic mass is 127. The molecule has 0 unspecified atom stereocenters. The van der Waals surface area contributed by atoms with Crippen molar-refractivity contribution < 1.29 is 19.4 Å². The fraction of sp³-hybridized carbons (Fsp3) is 0.556. The predicted octanol–water partition coefficient (Wildman–Crippen LogP) is 3.07. The van der Waals surface area contributed by atoms with Gasteiger partial charge in [0.25, 0.3) is 0 Å². The number of hydrogen-bond donors (Lipinski definition) is 2. The predicted molar refractivity (Wildman–Crippen MR) is 105 cm³/mol. The van der Waals surface area contributed by atoms with Crippen LogP contribution >= 0.6 is 22.6 Å². The van der Waals surface area contributed by atoms with Crippen molar-refractivity contribution in [3.63, 3.8) is 0 Å². The Kier molecular flexibility index (Phi) is 6.67. The molecule has 7 heteroatoms. The Balaban J connectivity index is 2.12. The molecule has 2 rings (SSSR count). The lowest BCUT2D eigenvalue weighted by Gasteiger charge is -2.24. The first-order valence-electron chi connectivity index (χ1n) is 8.38. The van der Waals surface area contributed by atoms with Gasteiger partial charge in [-0.2, -0.15) is 0 Å². The number of halogens is 1. The fourth-order valence-corrected chi connectivity index (χ4v) is 3.83. The van der Waals surface area contributed by atoms with Crippen LogP contribution in [0.2, 0.25) is 0 Å². The van der Waals surface area contributed by atoms with Crippen molar-refractivity contribution in [2.75, 3.05) is 18.5 Å². The zero-order chi connectivity index (χ0) is 18.7. The Morgan fingerprint density at radius 1 is 1.36 bits per heavy atom. The van der Waals surface area contributed by atoms with E-state index in [4.69, 9.17) is 4.74 Å². The maximum absolute atomic E-state index is 12.7. The van der Waals surface area contributed by atoms with Gasteiger partial charge >= 0.3 is 6.09 Å². The summed E-state index contributed by atoms with van der Waals surface area (Å²) in [6.07, 6.45) is -1.06. The first-order chi connectivity index (χ1) is 11.7. The molecule has 1 aliphatic heterocycles. The van der Waals surface area contributed by atoms with Crippen LogP contribution in [0.4, 0.5) is 10.5 Å². The second-order valence-electron chi connectivity index (χ2n) is 6.93. The summed E-state index contributed by atoms with van der Waals surface area (Å²) in [5.41, 5.74) is 2.68. The number of rotatable bonds is 4. The van der Waals surface area contributed by atoms with Gasteiger partial charge in [-0.05, 0) is 65.6 Å². The Morgan fingerprint density at radius 3 is 2.52 bits per heavy atom. The number of hydrogen-bond acceptors (Lipinski definition) is 4. The quantitative estimate of drug-likeness (QED) is 0.678. The number of anilines is 1. The molecular weight excluding hydrogens is 435 g/mol. The van der Waals surface area contributed by atoms with E-state index in [1.165, 1.54) is 4.90 Å². The van der Waals surface area contributed by atoms with E-state index in [2.05, 4.69) is 27.9 Å². The monoisotopic (exact) mass is 460 g/mol. The molecule has 0 aliphatic carbocycles. The van der Waals surface area contributed by atoms with Gasteiger partial charge in [0.15, 0.2) is 0 Å². The van der Waals surface area contributed by atoms with E-state index < -0.39 is 18.2 Å². The summed E-state index contributed by atoms with van der Waals surface area (Å²) in [5, 5.41) is 12.8. The maximum Gasteiger partial charge on any atom is 0.410 e. The zero-order valence-corrected chi connectivity index (χ0v) is 17.2. The van der Waals surface area contributed by atoms with Gasteiger partial charge in [-0.3, -0.25) is 9.69 Å². The van der Waals surface area contributed by atoms with Gasteiger partial charge in [0.1, 0.15) is 6.04 Å². The number of aryl methyl sites for hydroxylation is 2. The number of nitrogens with zero attached hydrogens (tertiary/aromatic N) is 1. The topological polar surface area (TPSA) is 78.9 Å². The standard InChI is InChI=1S/C18H25IN2O4/c1-10(2)9-25-18(24)21-8-14(22)7-15(21)17(23)20-16-11(3)5-13(19)6-12(16)4/h5-6,10,14-15,22H,7-9H2,1-4H3,(H,20,23)/t14-,15-/m0/s1. The SMILES string of the molecule is Cc1cc(I)cc(C)c1NC(=O)[C@@H]1C[C@H](O)CN1C(=O)OCC(C)C. The average Bonchev–Trinajstić information content (AvgIpc) is 2.90. The van der Waals surface area contributed by atoms with E-state index in [0.717, 1.165) is 20.4 Å². The van der Waals surface area contributed by atoms with Crippen molar-refractivity contribution in [1.29, 1.82) is 0 Å².